The zero-order valence-electron chi connectivity index (χ0n) is 11.4. The zero-order valence-corrected chi connectivity index (χ0v) is 11.4. The van der Waals surface area contributed by atoms with Crippen molar-refractivity contribution in [2.75, 3.05) is 37.4 Å². The molecule has 0 saturated carbocycles. The summed E-state index contributed by atoms with van der Waals surface area (Å²) in [6, 6.07) is 0. The zero-order chi connectivity index (χ0) is 14.1. The first kappa shape index (κ1) is 15.2. The Balaban J connectivity index is 2.54. The van der Waals surface area contributed by atoms with Crippen LogP contribution in [0.5, 0.6) is 0 Å². The Morgan fingerprint density at radius 2 is 2.16 bits per heavy atom. The lowest BCUT2D eigenvalue weighted by Gasteiger charge is -2.13. The van der Waals surface area contributed by atoms with Crippen LogP contribution in [-0.2, 0) is 16.0 Å². The Labute approximate surface area is 113 Å². The predicted octanol–water partition coefficient (Wildman–Crippen LogP) is 0.385. The van der Waals surface area contributed by atoms with Crippen molar-refractivity contribution in [3.63, 3.8) is 0 Å². The lowest BCUT2D eigenvalue weighted by Crippen LogP contribution is -2.21. The minimum Gasteiger partial charge on any atom is -0.373 e. The van der Waals surface area contributed by atoms with Crippen LogP contribution < -0.4 is 16.4 Å². The maximum atomic E-state index is 10.5. The number of anilines is 2. The van der Waals surface area contributed by atoms with Gasteiger partial charge in [-0.2, -0.15) is 0 Å². The summed E-state index contributed by atoms with van der Waals surface area (Å²) in [5.41, 5.74) is 6.03. The molecule has 1 aromatic heterocycles. The molecule has 1 rings (SSSR count). The normalized spacial score (nSPS) is 10.2. The van der Waals surface area contributed by atoms with Gasteiger partial charge in [0.1, 0.15) is 24.6 Å². The monoisotopic (exact) mass is 267 g/mol. The van der Waals surface area contributed by atoms with Crippen LogP contribution in [0.1, 0.15) is 18.9 Å². The van der Waals surface area contributed by atoms with Gasteiger partial charge in [0.25, 0.3) is 0 Å². The topological polar surface area (TPSA) is 102 Å². The van der Waals surface area contributed by atoms with Crippen molar-refractivity contribution in [1.29, 1.82) is 0 Å². The first-order chi connectivity index (χ1) is 9.19. The summed E-state index contributed by atoms with van der Waals surface area (Å²) in [5, 5.41) is 6.23. The highest BCUT2D eigenvalue weighted by Crippen LogP contribution is 2.20. The first-order valence-electron chi connectivity index (χ1n) is 6.30. The Bertz CT molecular complexity index is 411. The summed E-state index contributed by atoms with van der Waals surface area (Å²) in [5.74, 6) is 1.16. The van der Waals surface area contributed by atoms with Crippen LogP contribution in [0, 0.1) is 0 Å². The third kappa shape index (κ3) is 5.09. The number of primary amides is 1. The summed E-state index contributed by atoms with van der Waals surface area (Å²) in [6.07, 6.45) is 3.41. The predicted molar refractivity (Wildman–Crippen MR) is 74.1 cm³/mol. The number of nitrogens with one attached hydrogen (secondary N) is 2. The third-order valence-electron chi connectivity index (χ3n) is 2.47. The van der Waals surface area contributed by atoms with E-state index in [1.807, 2.05) is 7.05 Å². The number of hydrogen-bond acceptors (Lipinski definition) is 6. The standard InChI is InChI=1S/C12H21N5O2/c1-3-4-9-11(14-2)16-8-17-12(9)15-5-6-19-7-10(13)18/h8H,3-7H2,1-2H3,(H2,13,18)(H2,14,15,16,17). The Morgan fingerprint density at radius 3 is 2.79 bits per heavy atom. The molecule has 0 bridgehead atoms. The Morgan fingerprint density at radius 1 is 1.42 bits per heavy atom. The molecule has 0 spiro atoms. The molecule has 4 N–H and O–H groups in total. The van der Waals surface area contributed by atoms with Crippen LogP contribution in [0.4, 0.5) is 11.6 Å². The molecular formula is C12H21N5O2. The van der Waals surface area contributed by atoms with Gasteiger partial charge in [-0.05, 0) is 6.42 Å². The van der Waals surface area contributed by atoms with E-state index < -0.39 is 5.91 Å². The summed E-state index contributed by atoms with van der Waals surface area (Å²) < 4.78 is 5.08. The molecular weight excluding hydrogens is 246 g/mol. The Kier molecular flexibility index (Phi) is 6.59. The molecule has 0 fully saturated rings. The van der Waals surface area contributed by atoms with E-state index in [1.54, 1.807) is 0 Å². The number of carbonyl (C=O) groups excluding carboxylic acids is 1. The number of ether oxygens (including phenoxy) is 1. The van der Waals surface area contributed by atoms with E-state index in [1.165, 1.54) is 6.33 Å². The maximum Gasteiger partial charge on any atom is 0.243 e. The molecule has 0 aliphatic carbocycles. The SMILES string of the molecule is CCCc1c(NC)ncnc1NCCOCC(N)=O. The second-order valence-corrected chi connectivity index (χ2v) is 4.00. The number of carbonyl (C=O) groups is 1. The van der Waals surface area contributed by atoms with Crippen LogP contribution in [-0.4, -0.2) is 42.7 Å². The second kappa shape index (κ2) is 8.25. The maximum absolute atomic E-state index is 10.5. The number of aromatic nitrogens is 2. The minimum atomic E-state index is -0.467. The Hall–Kier alpha value is -1.89. The highest BCUT2D eigenvalue weighted by molar-refractivity contribution is 5.74. The number of nitrogens with zero attached hydrogens (tertiary/aromatic N) is 2. The van der Waals surface area contributed by atoms with Crippen molar-refractivity contribution >= 4 is 17.5 Å². The lowest BCUT2D eigenvalue weighted by atomic mass is 10.1. The molecule has 0 atom stereocenters. The molecule has 1 amide bonds. The van der Waals surface area contributed by atoms with Gasteiger partial charge in [0.05, 0.1) is 6.61 Å². The molecule has 0 unspecified atom stereocenters. The number of hydrogen-bond donors (Lipinski definition) is 3. The number of nitrogens with two attached hydrogens (primary N) is 1. The lowest BCUT2D eigenvalue weighted by molar-refractivity contribution is -0.122. The van der Waals surface area contributed by atoms with Gasteiger partial charge in [-0.15, -0.1) is 0 Å². The summed E-state index contributed by atoms with van der Waals surface area (Å²) in [6.45, 7) is 3.00. The van der Waals surface area contributed by atoms with Crippen molar-refractivity contribution < 1.29 is 9.53 Å². The van der Waals surface area contributed by atoms with Crippen molar-refractivity contribution in [2.45, 2.75) is 19.8 Å². The van der Waals surface area contributed by atoms with E-state index in [9.17, 15) is 4.79 Å². The van der Waals surface area contributed by atoms with Crippen molar-refractivity contribution in [3.8, 4) is 0 Å². The van der Waals surface area contributed by atoms with Gasteiger partial charge in [0.15, 0.2) is 0 Å². The third-order valence-corrected chi connectivity index (χ3v) is 2.47. The van der Waals surface area contributed by atoms with Gasteiger partial charge in [-0.25, -0.2) is 9.97 Å². The van der Waals surface area contributed by atoms with Gasteiger partial charge in [-0.3, -0.25) is 4.79 Å². The van der Waals surface area contributed by atoms with Crippen LogP contribution in [0.25, 0.3) is 0 Å². The fraction of sp³-hybridized carbons (Fsp3) is 0.583. The first-order valence-corrected chi connectivity index (χ1v) is 6.30. The van der Waals surface area contributed by atoms with Crippen LogP contribution in [0.2, 0.25) is 0 Å². The van der Waals surface area contributed by atoms with E-state index in [2.05, 4.69) is 27.5 Å². The van der Waals surface area contributed by atoms with Crippen molar-refractivity contribution in [1.82, 2.24) is 9.97 Å². The van der Waals surface area contributed by atoms with Crippen molar-refractivity contribution in [3.05, 3.63) is 11.9 Å². The molecule has 106 valence electrons. The molecule has 0 saturated heterocycles. The number of rotatable bonds is 9. The molecule has 1 heterocycles. The number of amides is 1. The quantitative estimate of drug-likeness (QED) is 0.559. The highest BCUT2D eigenvalue weighted by atomic mass is 16.5. The molecule has 0 radical (unpaired) electrons. The molecule has 19 heavy (non-hydrogen) atoms. The van der Waals surface area contributed by atoms with Gasteiger partial charge in [0, 0.05) is 19.2 Å². The van der Waals surface area contributed by atoms with Gasteiger partial charge < -0.3 is 21.1 Å². The second-order valence-electron chi connectivity index (χ2n) is 4.00. The minimum absolute atomic E-state index is 0.0605. The summed E-state index contributed by atoms with van der Waals surface area (Å²) >= 11 is 0. The average Bonchev–Trinajstić information content (AvgIpc) is 2.39. The molecule has 7 heteroatoms. The van der Waals surface area contributed by atoms with Gasteiger partial charge in [-0.1, -0.05) is 13.3 Å². The van der Waals surface area contributed by atoms with E-state index in [0.29, 0.717) is 13.2 Å². The smallest absolute Gasteiger partial charge is 0.243 e. The van der Waals surface area contributed by atoms with Crippen LogP contribution >= 0.6 is 0 Å². The molecule has 0 aliphatic rings. The van der Waals surface area contributed by atoms with Gasteiger partial charge >= 0.3 is 0 Å². The summed E-state index contributed by atoms with van der Waals surface area (Å²) in [4.78, 5) is 18.9. The largest absolute Gasteiger partial charge is 0.373 e. The molecule has 0 aliphatic heterocycles. The van der Waals surface area contributed by atoms with E-state index >= 15 is 0 Å². The fourth-order valence-electron chi connectivity index (χ4n) is 1.68. The molecule has 0 aromatic carbocycles. The molecule has 7 nitrogen and oxygen atoms in total. The fourth-order valence-corrected chi connectivity index (χ4v) is 1.68. The van der Waals surface area contributed by atoms with E-state index in [-0.39, 0.29) is 6.61 Å². The highest BCUT2D eigenvalue weighted by Gasteiger charge is 2.09. The summed E-state index contributed by atoms with van der Waals surface area (Å²) in [7, 11) is 1.83. The van der Waals surface area contributed by atoms with Crippen molar-refractivity contribution in [2.24, 2.45) is 5.73 Å². The van der Waals surface area contributed by atoms with Gasteiger partial charge in [0.2, 0.25) is 5.91 Å². The van der Waals surface area contributed by atoms with E-state index in [4.69, 9.17) is 10.5 Å². The average molecular weight is 267 g/mol. The van der Waals surface area contributed by atoms with Crippen LogP contribution in [0.3, 0.4) is 0 Å². The van der Waals surface area contributed by atoms with E-state index in [0.717, 1.165) is 30.0 Å². The molecule has 1 aromatic rings. The van der Waals surface area contributed by atoms with Crippen LogP contribution in [0.15, 0.2) is 6.33 Å².